The van der Waals surface area contributed by atoms with Crippen molar-refractivity contribution in [1.29, 1.82) is 0 Å². The van der Waals surface area contributed by atoms with Crippen molar-refractivity contribution in [3.05, 3.63) is 0 Å². The van der Waals surface area contributed by atoms with Crippen LogP contribution in [-0.4, -0.2) is 23.7 Å². The normalized spacial score (nSPS) is 50.3. The first-order chi connectivity index (χ1) is 6.47. The van der Waals surface area contributed by atoms with E-state index in [0.29, 0.717) is 0 Å². The summed E-state index contributed by atoms with van der Waals surface area (Å²) in [6.45, 7) is 2.21. The van der Waals surface area contributed by atoms with Gasteiger partial charge in [0.05, 0.1) is 0 Å². The molecule has 1 aliphatic heterocycles. The van der Waals surface area contributed by atoms with Gasteiger partial charge in [-0.2, -0.15) is 8.78 Å². The highest BCUT2D eigenvalue weighted by Crippen LogP contribution is 2.68. The molecule has 0 aromatic rings. The van der Waals surface area contributed by atoms with Crippen molar-refractivity contribution in [3.63, 3.8) is 0 Å². The lowest BCUT2D eigenvalue weighted by Gasteiger charge is -2.48. The monoisotopic (exact) mass is 280 g/mol. The number of phosphoric acid groups is 1. The van der Waals surface area contributed by atoms with E-state index in [0.717, 1.165) is 21.0 Å². The Morgan fingerprint density at radius 3 is 1.80 bits per heavy atom. The molecule has 1 fully saturated rings. The van der Waals surface area contributed by atoms with Gasteiger partial charge in [0.2, 0.25) is 0 Å². The summed E-state index contributed by atoms with van der Waals surface area (Å²) >= 11 is 0. The predicted octanol–water partition coefficient (Wildman–Crippen LogP) is 2.61. The predicted molar refractivity (Wildman–Crippen MR) is 58.0 cm³/mol. The third kappa shape index (κ3) is 2.13. The second kappa shape index (κ2) is 3.66. The summed E-state index contributed by atoms with van der Waals surface area (Å²) in [6.07, 6.45) is 0. The molecule has 0 bridgehead atoms. The van der Waals surface area contributed by atoms with Gasteiger partial charge in [-0.05, 0) is 13.8 Å². The molecule has 0 aliphatic carbocycles. The van der Waals surface area contributed by atoms with E-state index in [2.05, 4.69) is 13.6 Å². The van der Waals surface area contributed by atoms with Gasteiger partial charge in [-0.25, -0.2) is 4.57 Å². The molecule has 0 amide bonds. The summed E-state index contributed by atoms with van der Waals surface area (Å²) in [7, 11) is 0.795. The lowest BCUT2D eigenvalue weighted by atomic mass is 10.1. The molecule has 1 aliphatic rings. The van der Waals surface area contributed by atoms with Crippen molar-refractivity contribution in [2.24, 2.45) is 0 Å². The van der Waals surface area contributed by atoms with Gasteiger partial charge in [0.1, 0.15) is 0 Å². The Morgan fingerprint density at radius 1 is 1.20 bits per heavy atom. The average molecular weight is 280 g/mol. The zero-order valence-corrected chi connectivity index (χ0v) is 11.7. The fourth-order valence-corrected chi connectivity index (χ4v) is 4.02. The minimum Gasteiger partial charge on any atom is -0.290 e. The average Bonchev–Trinajstić information content (AvgIpc) is 1.99. The Hall–Kier alpha value is 0.830. The van der Waals surface area contributed by atoms with Crippen LogP contribution in [0.2, 0.25) is 0 Å². The molecular weight excluding hydrogens is 267 g/mol. The van der Waals surface area contributed by atoms with E-state index in [1.165, 1.54) is 0 Å². The van der Waals surface area contributed by atoms with Crippen LogP contribution in [0.5, 0.6) is 0 Å². The molecule has 0 aromatic carbocycles. The maximum atomic E-state index is 13.8. The van der Waals surface area contributed by atoms with Crippen LogP contribution in [0, 0.1) is 0 Å². The molecule has 0 saturated carbocycles. The Kier molecular flexibility index (Phi) is 3.39. The van der Waals surface area contributed by atoms with E-state index in [1.807, 2.05) is 18.5 Å². The molecule has 15 heavy (non-hydrogen) atoms. The smallest absolute Gasteiger partial charge is 0.290 e. The van der Waals surface area contributed by atoms with Gasteiger partial charge in [-0.1, -0.05) is 18.5 Å². The van der Waals surface area contributed by atoms with E-state index in [-0.39, 0.29) is 0 Å². The standard InChI is InChI=1S/C6H13F2O4P3/c1-4(13)6(7,8)5(2,14)12-15(9,10-3)11-4/h13-14H2,1-3H3. The quantitative estimate of drug-likeness (QED) is 0.692. The van der Waals surface area contributed by atoms with E-state index in [9.17, 15) is 13.3 Å². The van der Waals surface area contributed by atoms with E-state index >= 15 is 0 Å². The Balaban J connectivity index is 3.19. The maximum absolute atomic E-state index is 13.8. The largest absolute Gasteiger partial charge is 0.476 e. The minimum atomic E-state index is -3.94. The molecule has 9 heteroatoms. The Morgan fingerprint density at radius 2 is 1.53 bits per heavy atom. The first-order valence-electron chi connectivity index (χ1n) is 4.00. The van der Waals surface area contributed by atoms with Crippen LogP contribution in [-0.2, 0) is 18.1 Å². The van der Waals surface area contributed by atoms with Crippen LogP contribution in [0.3, 0.4) is 0 Å². The van der Waals surface area contributed by atoms with Crippen LogP contribution < -0.4 is 0 Å². The van der Waals surface area contributed by atoms with E-state index < -0.39 is 24.4 Å². The van der Waals surface area contributed by atoms with Gasteiger partial charge in [-0.3, -0.25) is 13.6 Å². The molecule has 90 valence electrons. The number of phosphoric ester groups is 1. The van der Waals surface area contributed by atoms with Gasteiger partial charge in [0, 0.05) is 7.11 Å². The number of hydrogen-bond donors (Lipinski definition) is 0. The lowest BCUT2D eigenvalue weighted by molar-refractivity contribution is -0.218. The lowest BCUT2D eigenvalue weighted by Crippen LogP contribution is -2.58. The highest BCUT2D eigenvalue weighted by Gasteiger charge is 2.68. The summed E-state index contributed by atoms with van der Waals surface area (Å²) in [6, 6.07) is 0. The highest BCUT2D eigenvalue weighted by molar-refractivity contribution is 7.49. The van der Waals surface area contributed by atoms with Crippen molar-refractivity contribution in [1.82, 2.24) is 0 Å². The zero-order chi connectivity index (χ0) is 12.1. The van der Waals surface area contributed by atoms with Crippen LogP contribution in [0.1, 0.15) is 13.8 Å². The first kappa shape index (κ1) is 13.9. The van der Waals surface area contributed by atoms with E-state index in [4.69, 9.17) is 0 Å². The summed E-state index contributed by atoms with van der Waals surface area (Å²) in [5.74, 6) is -3.35. The second-order valence-corrected chi connectivity index (χ2v) is 7.43. The Bertz CT molecular complexity index is 293. The maximum Gasteiger partial charge on any atom is 0.476 e. The van der Waals surface area contributed by atoms with Crippen LogP contribution >= 0.6 is 26.3 Å². The molecular formula is C6H13F2O4P3. The van der Waals surface area contributed by atoms with Gasteiger partial charge < -0.3 is 0 Å². The summed E-state index contributed by atoms with van der Waals surface area (Å²) < 4.78 is 53.1. The molecule has 1 rings (SSSR count). The molecule has 4 atom stereocenters. The van der Waals surface area contributed by atoms with Crippen molar-refractivity contribution in [2.45, 2.75) is 30.5 Å². The minimum absolute atomic E-state index is 1.08. The van der Waals surface area contributed by atoms with Crippen molar-refractivity contribution < 1.29 is 26.9 Å². The molecule has 0 radical (unpaired) electrons. The van der Waals surface area contributed by atoms with Crippen molar-refractivity contribution >= 4 is 26.3 Å². The van der Waals surface area contributed by atoms with Crippen LogP contribution in [0.15, 0.2) is 0 Å². The van der Waals surface area contributed by atoms with Gasteiger partial charge in [0.15, 0.2) is 10.7 Å². The molecule has 4 nitrogen and oxygen atoms in total. The van der Waals surface area contributed by atoms with Crippen molar-refractivity contribution in [2.75, 3.05) is 7.11 Å². The molecule has 0 spiro atoms. The van der Waals surface area contributed by atoms with Crippen LogP contribution in [0.4, 0.5) is 8.78 Å². The number of alkyl halides is 2. The number of halogens is 2. The summed E-state index contributed by atoms with van der Waals surface area (Å²) in [4.78, 5) is 0. The SMILES string of the molecule is COP1(=O)OC(C)(P)C(F)(F)C(C)(P)O1. The van der Waals surface area contributed by atoms with Crippen LogP contribution in [0.25, 0.3) is 0 Å². The first-order valence-corrected chi connectivity index (χ1v) is 6.62. The third-order valence-electron chi connectivity index (χ3n) is 2.07. The number of rotatable bonds is 1. The van der Waals surface area contributed by atoms with Gasteiger partial charge >= 0.3 is 13.7 Å². The van der Waals surface area contributed by atoms with E-state index in [1.54, 1.807) is 0 Å². The fraction of sp³-hybridized carbons (Fsp3) is 1.00. The molecule has 0 N–H and O–H groups in total. The number of hydrogen-bond acceptors (Lipinski definition) is 4. The topological polar surface area (TPSA) is 44.8 Å². The van der Waals surface area contributed by atoms with Gasteiger partial charge in [-0.15, -0.1) is 0 Å². The summed E-state index contributed by atoms with van der Waals surface area (Å²) in [5, 5.41) is -4.01. The highest BCUT2D eigenvalue weighted by atomic mass is 31.2. The molecule has 1 saturated heterocycles. The third-order valence-corrected chi connectivity index (χ3v) is 5.08. The van der Waals surface area contributed by atoms with Gasteiger partial charge in [0.25, 0.3) is 0 Å². The molecule has 1 heterocycles. The second-order valence-electron chi connectivity index (χ2n) is 3.60. The summed E-state index contributed by atoms with van der Waals surface area (Å²) in [5.41, 5.74) is 0. The molecule has 4 unspecified atom stereocenters. The Labute approximate surface area is 91.4 Å². The van der Waals surface area contributed by atoms with Crippen molar-refractivity contribution in [3.8, 4) is 0 Å². The molecule has 0 aromatic heterocycles. The fourth-order valence-electron chi connectivity index (χ4n) is 1.17. The zero-order valence-electron chi connectivity index (χ0n) is 8.49.